The molecule has 3 rings (SSSR count). The van der Waals surface area contributed by atoms with Crippen molar-refractivity contribution in [3.8, 4) is 0 Å². The molecule has 1 aliphatic heterocycles. The highest BCUT2D eigenvalue weighted by Gasteiger charge is 2.29. The highest BCUT2D eigenvalue weighted by molar-refractivity contribution is 6.31. The van der Waals surface area contributed by atoms with Crippen LogP contribution in [0, 0.1) is 0 Å². The van der Waals surface area contributed by atoms with Gasteiger partial charge in [0.15, 0.2) is 5.82 Å². The number of halogens is 1. The van der Waals surface area contributed by atoms with Crippen LogP contribution >= 0.6 is 11.6 Å². The Balaban J connectivity index is 1.77. The van der Waals surface area contributed by atoms with Gasteiger partial charge >= 0.3 is 0 Å². The molecule has 20 heavy (non-hydrogen) atoms. The van der Waals surface area contributed by atoms with Crippen LogP contribution in [-0.2, 0) is 11.2 Å². The standard InChI is InChI=1S/C14H14ClN3O2/c15-11-5-2-1-4-10(11)8-13-16-14(20-17-13)12-6-3-7-18(12)9-19/h1-2,4-5,9,12H,3,6-8H2. The number of likely N-dealkylation sites (tertiary alicyclic amines) is 1. The fourth-order valence-electron chi connectivity index (χ4n) is 2.47. The largest absolute Gasteiger partial charge is 0.337 e. The fraction of sp³-hybridized carbons (Fsp3) is 0.357. The van der Waals surface area contributed by atoms with Crippen LogP contribution < -0.4 is 0 Å². The summed E-state index contributed by atoms with van der Waals surface area (Å²) < 4.78 is 5.29. The average Bonchev–Trinajstić information content (AvgIpc) is 3.09. The van der Waals surface area contributed by atoms with E-state index in [4.69, 9.17) is 16.1 Å². The fourth-order valence-corrected chi connectivity index (χ4v) is 2.67. The molecule has 1 aromatic heterocycles. The maximum absolute atomic E-state index is 11.0. The zero-order valence-electron chi connectivity index (χ0n) is 10.8. The van der Waals surface area contributed by atoms with Gasteiger partial charge in [0.2, 0.25) is 12.3 Å². The molecule has 0 spiro atoms. The Morgan fingerprint density at radius 2 is 2.30 bits per heavy atom. The van der Waals surface area contributed by atoms with Crippen LogP contribution in [0.4, 0.5) is 0 Å². The maximum atomic E-state index is 11.0. The van der Waals surface area contributed by atoms with E-state index in [2.05, 4.69) is 10.1 Å². The minimum Gasteiger partial charge on any atom is -0.337 e. The summed E-state index contributed by atoms with van der Waals surface area (Å²) >= 11 is 6.11. The van der Waals surface area contributed by atoms with Crippen LogP contribution in [0.15, 0.2) is 28.8 Å². The quantitative estimate of drug-likeness (QED) is 0.813. The molecule has 2 heterocycles. The van der Waals surface area contributed by atoms with Crippen molar-refractivity contribution in [1.82, 2.24) is 15.0 Å². The van der Waals surface area contributed by atoms with E-state index >= 15 is 0 Å². The van der Waals surface area contributed by atoms with Gasteiger partial charge in [-0.25, -0.2) is 0 Å². The Labute approximate surface area is 121 Å². The lowest BCUT2D eigenvalue weighted by Gasteiger charge is -2.14. The van der Waals surface area contributed by atoms with Gasteiger partial charge in [-0.2, -0.15) is 4.98 Å². The number of carbonyl (C=O) groups is 1. The van der Waals surface area contributed by atoms with Crippen molar-refractivity contribution in [3.05, 3.63) is 46.6 Å². The normalized spacial score (nSPS) is 18.4. The number of hydrogen-bond donors (Lipinski definition) is 0. The number of hydrogen-bond acceptors (Lipinski definition) is 4. The topological polar surface area (TPSA) is 59.2 Å². The highest BCUT2D eigenvalue weighted by Crippen LogP contribution is 2.29. The second kappa shape index (κ2) is 5.63. The van der Waals surface area contributed by atoms with Crippen LogP contribution in [0.3, 0.4) is 0 Å². The number of aromatic nitrogens is 2. The Morgan fingerprint density at radius 3 is 3.10 bits per heavy atom. The molecule has 1 unspecified atom stereocenters. The number of amides is 1. The summed E-state index contributed by atoms with van der Waals surface area (Å²) in [6, 6.07) is 7.50. The molecule has 1 amide bonds. The second-order valence-electron chi connectivity index (χ2n) is 4.82. The summed E-state index contributed by atoms with van der Waals surface area (Å²) in [5.74, 6) is 1.10. The average molecular weight is 292 g/mol. The molecule has 0 saturated carbocycles. The minimum atomic E-state index is -0.0833. The van der Waals surface area contributed by atoms with E-state index in [1.807, 2.05) is 24.3 Å². The van der Waals surface area contributed by atoms with Crippen molar-refractivity contribution in [3.63, 3.8) is 0 Å². The van der Waals surface area contributed by atoms with Crippen molar-refractivity contribution >= 4 is 18.0 Å². The summed E-state index contributed by atoms with van der Waals surface area (Å²) in [5.41, 5.74) is 0.959. The molecule has 6 heteroatoms. The van der Waals surface area contributed by atoms with E-state index < -0.39 is 0 Å². The zero-order valence-corrected chi connectivity index (χ0v) is 11.6. The van der Waals surface area contributed by atoms with Crippen LogP contribution in [0.1, 0.15) is 36.2 Å². The van der Waals surface area contributed by atoms with Crippen molar-refractivity contribution in [2.75, 3.05) is 6.54 Å². The first-order valence-electron chi connectivity index (χ1n) is 6.55. The molecule has 1 aromatic carbocycles. The summed E-state index contributed by atoms with van der Waals surface area (Å²) in [6.45, 7) is 0.746. The van der Waals surface area contributed by atoms with Gasteiger partial charge in [-0.3, -0.25) is 4.79 Å². The molecule has 5 nitrogen and oxygen atoms in total. The van der Waals surface area contributed by atoms with Gasteiger partial charge in [-0.15, -0.1) is 0 Å². The third-order valence-electron chi connectivity index (χ3n) is 3.50. The summed E-state index contributed by atoms with van der Waals surface area (Å²) in [5, 5.41) is 4.67. The van der Waals surface area contributed by atoms with E-state index in [1.165, 1.54) is 0 Å². The first-order valence-corrected chi connectivity index (χ1v) is 6.92. The number of benzene rings is 1. The molecule has 104 valence electrons. The molecule has 0 bridgehead atoms. The van der Waals surface area contributed by atoms with Crippen molar-refractivity contribution in [2.24, 2.45) is 0 Å². The van der Waals surface area contributed by atoms with E-state index in [-0.39, 0.29) is 6.04 Å². The second-order valence-corrected chi connectivity index (χ2v) is 5.23. The van der Waals surface area contributed by atoms with E-state index in [0.717, 1.165) is 31.4 Å². The zero-order chi connectivity index (χ0) is 13.9. The summed E-state index contributed by atoms with van der Waals surface area (Å²) in [6.07, 6.45) is 3.20. The molecule has 1 saturated heterocycles. The lowest BCUT2D eigenvalue weighted by molar-refractivity contribution is -0.119. The van der Waals surface area contributed by atoms with Crippen molar-refractivity contribution in [1.29, 1.82) is 0 Å². The van der Waals surface area contributed by atoms with E-state index in [0.29, 0.717) is 23.2 Å². The van der Waals surface area contributed by atoms with Gasteiger partial charge in [-0.05, 0) is 24.5 Å². The van der Waals surface area contributed by atoms with Gasteiger partial charge < -0.3 is 9.42 Å². The lowest BCUT2D eigenvalue weighted by atomic mass is 10.1. The molecule has 2 aromatic rings. The van der Waals surface area contributed by atoms with Crippen molar-refractivity contribution < 1.29 is 9.32 Å². The van der Waals surface area contributed by atoms with E-state index in [9.17, 15) is 4.79 Å². The monoisotopic (exact) mass is 291 g/mol. The van der Waals surface area contributed by atoms with Gasteiger partial charge in [-0.1, -0.05) is 35.0 Å². The summed E-state index contributed by atoms with van der Waals surface area (Å²) in [7, 11) is 0. The molecular formula is C14H14ClN3O2. The Bertz CT molecular complexity index is 614. The van der Waals surface area contributed by atoms with Gasteiger partial charge in [0, 0.05) is 18.0 Å². The predicted octanol–water partition coefficient (Wildman–Crippen LogP) is 2.61. The number of rotatable bonds is 4. The predicted molar refractivity (Wildman–Crippen MR) is 73.3 cm³/mol. The highest BCUT2D eigenvalue weighted by atomic mass is 35.5. The van der Waals surface area contributed by atoms with Crippen LogP contribution in [-0.4, -0.2) is 28.0 Å². The van der Waals surface area contributed by atoms with Crippen LogP contribution in [0.2, 0.25) is 5.02 Å². The van der Waals surface area contributed by atoms with Gasteiger partial charge in [0.1, 0.15) is 6.04 Å². The third-order valence-corrected chi connectivity index (χ3v) is 3.87. The molecule has 1 aliphatic rings. The maximum Gasteiger partial charge on any atom is 0.249 e. The SMILES string of the molecule is O=CN1CCCC1c1nc(Cc2ccccc2Cl)no1. The Hall–Kier alpha value is -1.88. The molecule has 0 aliphatic carbocycles. The number of carbonyl (C=O) groups excluding carboxylic acids is 1. The van der Waals surface area contributed by atoms with Gasteiger partial charge in [0.25, 0.3) is 0 Å². The number of nitrogens with zero attached hydrogens (tertiary/aromatic N) is 3. The molecule has 1 atom stereocenters. The lowest BCUT2D eigenvalue weighted by Crippen LogP contribution is -2.21. The third kappa shape index (κ3) is 2.54. The molecule has 1 fully saturated rings. The minimum absolute atomic E-state index is 0.0833. The van der Waals surface area contributed by atoms with Crippen LogP contribution in [0.5, 0.6) is 0 Å². The van der Waals surface area contributed by atoms with Gasteiger partial charge in [0.05, 0.1) is 0 Å². The van der Waals surface area contributed by atoms with Crippen molar-refractivity contribution in [2.45, 2.75) is 25.3 Å². The molecule has 0 radical (unpaired) electrons. The Kier molecular flexibility index (Phi) is 3.69. The van der Waals surface area contributed by atoms with E-state index in [1.54, 1.807) is 4.90 Å². The molecule has 0 N–H and O–H groups in total. The molecular weight excluding hydrogens is 278 g/mol. The summed E-state index contributed by atoms with van der Waals surface area (Å²) in [4.78, 5) is 17.0. The first kappa shape index (κ1) is 13.1. The smallest absolute Gasteiger partial charge is 0.249 e. The first-order chi connectivity index (χ1) is 9.78. The van der Waals surface area contributed by atoms with Crippen LogP contribution in [0.25, 0.3) is 0 Å². The Morgan fingerprint density at radius 1 is 1.45 bits per heavy atom.